The molecule has 6 nitrogen and oxygen atoms in total. The van der Waals surface area contributed by atoms with Crippen molar-refractivity contribution in [2.75, 3.05) is 20.1 Å². The maximum absolute atomic E-state index is 11.9. The van der Waals surface area contributed by atoms with Gasteiger partial charge < -0.3 is 10.6 Å². The number of carbonyl (C=O) groups excluding carboxylic acids is 2. The summed E-state index contributed by atoms with van der Waals surface area (Å²) in [5.74, 6) is -0.379. The fraction of sp³-hybridized carbons (Fsp3) is 0.786. The summed E-state index contributed by atoms with van der Waals surface area (Å²) in [7, 11) is 1.69. The Morgan fingerprint density at radius 1 is 1.20 bits per heavy atom. The molecule has 0 spiro atoms. The van der Waals surface area contributed by atoms with E-state index in [4.69, 9.17) is 5.26 Å². The van der Waals surface area contributed by atoms with Crippen LogP contribution in [0.4, 0.5) is 0 Å². The van der Waals surface area contributed by atoms with Crippen molar-refractivity contribution in [2.24, 2.45) is 5.92 Å². The zero-order chi connectivity index (χ0) is 15.9. The second kappa shape index (κ2) is 7.85. The van der Waals surface area contributed by atoms with E-state index >= 15 is 0 Å². The number of rotatable bonds is 7. The van der Waals surface area contributed by atoms with Gasteiger partial charge in [0.2, 0.25) is 11.8 Å². The predicted octanol–water partition coefficient (Wildman–Crippen LogP) is 0.497. The van der Waals surface area contributed by atoms with Crippen LogP contribution in [-0.4, -0.2) is 48.4 Å². The predicted molar refractivity (Wildman–Crippen MR) is 77.8 cm³/mol. The zero-order valence-electron chi connectivity index (χ0n) is 13.3. The third-order valence-electron chi connectivity index (χ3n) is 3.06. The van der Waals surface area contributed by atoms with Crippen molar-refractivity contribution in [2.45, 2.75) is 46.2 Å². The van der Waals surface area contributed by atoms with Gasteiger partial charge in [0, 0.05) is 6.04 Å². The fourth-order valence-corrected chi connectivity index (χ4v) is 1.54. The number of nitrogens with one attached hydrogen (secondary N) is 2. The summed E-state index contributed by atoms with van der Waals surface area (Å²) in [6, 6.07) is 2.20. The number of hydrogen-bond donors (Lipinski definition) is 2. The van der Waals surface area contributed by atoms with Gasteiger partial charge in [0.1, 0.15) is 5.54 Å². The van der Waals surface area contributed by atoms with E-state index in [0.717, 1.165) is 0 Å². The monoisotopic (exact) mass is 282 g/mol. The molecule has 1 atom stereocenters. The van der Waals surface area contributed by atoms with Gasteiger partial charge in [-0.2, -0.15) is 5.26 Å². The number of nitrogens with zero attached hydrogens (tertiary/aromatic N) is 2. The van der Waals surface area contributed by atoms with Crippen molar-refractivity contribution in [1.82, 2.24) is 15.5 Å². The van der Waals surface area contributed by atoms with E-state index in [2.05, 4.69) is 16.7 Å². The van der Waals surface area contributed by atoms with Crippen molar-refractivity contribution in [3.63, 3.8) is 0 Å². The van der Waals surface area contributed by atoms with Crippen LogP contribution >= 0.6 is 0 Å². The standard InChI is InChI=1S/C14H26N4O2/c1-10(2)14(5,9-15)17-13(20)8-18(6)7-12(19)16-11(3)4/h10-11H,7-8H2,1-6H3,(H,16,19)(H,17,20). The lowest BCUT2D eigenvalue weighted by Crippen LogP contribution is -2.52. The molecule has 20 heavy (non-hydrogen) atoms. The van der Waals surface area contributed by atoms with E-state index < -0.39 is 5.54 Å². The molecule has 6 heteroatoms. The Labute approximate surface area is 121 Å². The van der Waals surface area contributed by atoms with Gasteiger partial charge in [0.15, 0.2) is 0 Å². The number of carbonyl (C=O) groups is 2. The molecule has 0 fully saturated rings. The van der Waals surface area contributed by atoms with Crippen LogP contribution in [0.1, 0.15) is 34.6 Å². The minimum absolute atomic E-state index is 0.00555. The maximum Gasteiger partial charge on any atom is 0.235 e. The molecule has 2 amide bonds. The molecule has 0 heterocycles. The van der Waals surface area contributed by atoms with Crippen LogP contribution in [0, 0.1) is 17.2 Å². The highest BCUT2D eigenvalue weighted by Gasteiger charge is 2.30. The lowest BCUT2D eigenvalue weighted by molar-refractivity contribution is -0.125. The molecule has 0 aliphatic carbocycles. The molecule has 0 saturated carbocycles. The largest absolute Gasteiger partial charge is 0.353 e. The topological polar surface area (TPSA) is 85.2 Å². The van der Waals surface area contributed by atoms with E-state index in [9.17, 15) is 9.59 Å². The van der Waals surface area contributed by atoms with Crippen LogP contribution < -0.4 is 10.6 Å². The van der Waals surface area contributed by atoms with Crippen molar-refractivity contribution in [1.29, 1.82) is 5.26 Å². The summed E-state index contributed by atoms with van der Waals surface area (Å²) in [6.45, 7) is 9.44. The van der Waals surface area contributed by atoms with Crippen LogP contribution in [0.15, 0.2) is 0 Å². The second-order valence-electron chi connectivity index (χ2n) is 5.91. The van der Waals surface area contributed by atoms with Gasteiger partial charge in [-0.05, 0) is 33.7 Å². The van der Waals surface area contributed by atoms with Crippen LogP contribution in [0.3, 0.4) is 0 Å². The molecule has 0 aromatic heterocycles. The Kier molecular flexibility index (Phi) is 7.22. The summed E-state index contributed by atoms with van der Waals surface area (Å²) in [5, 5.41) is 14.6. The molecule has 0 saturated heterocycles. The third kappa shape index (κ3) is 6.53. The second-order valence-corrected chi connectivity index (χ2v) is 5.91. The number of likely N-dealkylation sites (N-methyl/N-ethyl adjacent to an activating group) is 1. The highest BCUT2D eigenvalue weighted by atomic mass is 16.2. The first-order chi connectivity index (χ1) is 9.10. The SMILES string of the molecule is CC(C)NC(=O)CN(C)CC(=O)NC(C)(C#N)C(C)C. The highest BCUT2D eigenvalue weighted by molar-refractivity contribution is 5.81. The minimum atomic E-state index is -0.891. The Hall–Kier alpha value is -1.61. The molecule has 114 valence electrons. The van der Waals surface area contributed by atoms with Crippen LogP contribution in [-0.2, 0) is 9.59 Å². The summed E-state index contributed by atoms with van der Waals surface area (Å²) >= 11 is 0. The number of nitriles is 1. The third-order valence-corrected chi connectivity index (χ3v) is 3.06. The Morgan fingerprint density at radius 2 is 1.70 bits per heavy atom. The van der Waals surface area contributed by atoms with E-state index in [1.807, 2.05) is 27.7 Å². The molecule has 0 rings (SSSR count). The van der Waals surface area contributed by atoms with E-state index in [-0.39, 0.29) is 36.9 Å². The average molecular weight is 282 g/mol. The minimum Gasteiger partial charge on any atom is -0.353 e. The van der Waals surface area contributed by atoms with E-state index in [1.54, 1.807) is 18.9 Å². The Balaban J connectivity index is 4.34. The lowest BCUT2D eigenvalue weighted by Gasteiger charge is -2.28. The Bertz CT molecular complexity index is 387. The maximum atomic E-state index is 11.9. The zero-order valence-corrected chi connectivity index (χ0v) is 13.3. The normalized spacial score (nSPS) is 14.0. The summed E-state index contributed by atoms with van der Waals surface area (Å²) in [5.41, 5.74) is -0.891. The fourth-order valence-electron chi connectivity index (χ4n) is 1.54. The molecule has 0 aromatic rings. The van der Waals surface area contributed by atoms with Crippen molar-refractivity contribution in [3.8, 4) is 6.07 Å². The van der Waals surface area contributed by atoms with Gasteiger partial charge in [-0.25, -0.2) is 0 Å². The number of amides is 2. The first kappa shape index (κ1) is 18.4. The van der Waals surface area contributed by atoms with Gasteiger partial charge in [-0.1, -0.05) is 13.8 Å². The lowest BCUT2D eigenvalue weighted by atomic mass is 9.90. The molecule has 0 aromatic carbocycles. The molecule has 1 unspecified atom stereocenters. The quantitative estimate of drug-likeness (QED) is 0.712. The van der Waals surface area contributed by atoms with Gasteiger partial charge in [-0.3, -0.25) is 14.5 Å². The van der Waals surface area contributed by atoms with E-state index in [0.29, 0.717) is 0 Å². The molecule has 0 radical (unpaired) electrons. The van der Waals surface area contributed by atoms with E-state index in [1.165, 1.54) is 0 Å². The van der Waals surface area contributed by atoms with Gasteiger partial charge in [-0.15, -0.1) is 0 Å². The summed E-state index contributed by atoms with van der Waals surface area (Å²) in [6.07, 6.45) is 0. The Morgan fingerprint density at radius 3 is 2.10 bits per heavy atom. The number of hydrogen-bond acceptors (Lipinski definition) is 4. The molecule has 0 bridgehead atoms. The summed E-state index contributed by atoms with van der Waals surface area (Å²) in [4.78, 5) is 25.1. The molecule has 2 N–H and O–H groups in total. The molecular weight excluding hydrogens is 256 g/mol. The van der Waals surface area contributed by atoms with Crippen molar-refractivity contribution in [3.05, 3.63) is 0 Å². The average Bonchev–Trinajstić information content (AvgIpc) is 2.26. The first-order valence-corrected chi connectivity index (χ1v) is 6.81. The van der Waals surface area contributed by atoms with Gasteiger partial charge >= 0.3 is 0 Å². The van der Waals surface area contributed by atoms with Crippen LogP contribution in [0.2, 0.25) is 0 Å². The van der Waals surface area contributed by atoms with Crippen molar-refractivity contribution < 1.29 is 9.59 Å². The smallest absolute Gasteiger partial charge is 0.235 e. The highest BCUT2D eigenvalue weighted by Crippen LogP contribution is 2.14. The molecular formula is C14H26N4O2. The van der Waals surface area contributed by atoms with Gasteiger partial charge in [0.05, 0.1) is 19.2 Å². The van der Waals surface area contributed by atoms with Crippen molar-refractivity contribution >= 4 is 11.8 Å². The molecule has 0 aliphatic heterocycles. The molecule has 0 aliphatic rings. The van der Waals surface area contributed by atoms with Crippen LogP contribution in [0.25, 0.3) is 0 Å². The first-order valence-electron chi connectivity index (χ1n) is 6.81. The van der Waals surface area contributed by atoms with Crippen LogP contribution in [0.5, 0.6) is 0 Å². The summed E-state index contributed by atoms with van der Waals surface area (Å²) < 4.78 is 0. The van der Waals surface area contributed by atoms with Gasteiger partial charge in [0.25, 0.3) is 0 Å².